The van der Waals surface area contributed by atoms with E-state index in [0.29, 0.717) is 0 Å². The molecule has 0 aliphatic rings. The van der Waals surface area contributed by atoms with Gasteiger partial charge in [0.25, 0.3) is 0 Å². The molecule has 0 aliphatic carbocycles. The molecular weight excluding hydrogens is 226 g/mol. The third-order valence-electron chi connectivity index (χ3n) is 2.42. The predicted octanol–water partition coefficient (Wildman–Crippen LogP) is 3.21. The van der Waals surface area contributed by atoms with E-state index in [9.17, 15) is 0 Å². The monoisotopic (exact) mass is 241 g/mol. The van der Waals surface area contributed by atoms with Gasteiger partial charge in [-0.1, -0.05) is 33.6 Å². The number of halogens is 1. The molecule has 0 unspecified atom stereocenters. The molecular formula is C11H16BrN. The van der Waals surface area contributed by atoms with Crippen molar-refractivity contribution >= 4 is 15.9 Å². The van der Waals surface area contributed by atoms with Crippen LogP contribution in [-0.4, -0.2) is 7.05 Å². The van der Waals surface area contributed by atoms with Crippen molar-refractivity contribution in [2.24, 2.45) is 0 Å². The molecule has 0 saturated heterocycles. The standard InChI is InChI=1S/C11H16BrN/c1-8-5-6-10(12)9(7-8)11(2,3)13-4/h5-7,13H,1-4H3. The Balaban J connectivity index is 3.20. The normalized spacial score (nSPS) is 11.8. The second-order valence-electron chi connectivity index (χ2n) is 3.86. The van der Waals surface area contributed by atoms with Crippen LogP contribution in [0.15, 0.2) is 22.7 Å². The average Bonchev–Trinajstić information content (AvgIpc) is 2.09. The fraction of sp³-hybridized carbons (Fsp3) is 0.455. The van der Waals surface area contributed by atoms with Gasteiger partial charge in [-0.15, -0.1) is 0 Å². The largest absolute Gasteiger partial charge is 0.311 e. The maximum absolute atomic E-state index is 3.57. The zero-order chi connectivity index (χ0) is 10.1. The molecule has 0 spiro atoms. The summed E-state index contributed by atoms with van der Waals surface area (Å²) < 4.78 is 1.16. The number of rotatable bonds is 2. The molecule has 1 nitrogen and oxygen atoms in total. The van der Waals surface area contributed by atoms with Gasteiger partial charge in [-0.05, 0) is 39.4 Å². The highest BCUT2D eigenvalue weighted by atomic mass is 79.9. The number of hydrogen-bond acceptors (Lipinski definition) is 1. The third-order valence-corrected chi connectivity index (χ3v) is 3.11. The van der Waals surface area contributed by atoms with Gasteiger partial charge in [0, 0.05) is 10.0 Å². The van der Waals surface area contributed by atoms with Crippen LogP contribution >= 0.6 is 15.9 Å². The second kappa shape index (κ2) is 3.81. The van der Waals surface area contributed by atoms with E-state index >= 15 is 0 Å². The number of aryl methyl sites for hydroxylation is 1. The van der Waals surface area contributed by atoms with E-state index < -0.39 is 0 Å². The van der Waals surface area contributed by atoms with E-state index in [2.05, 4.69) is 60.2 Å². The molecule has 1 N–H and O–H groups in total. The van der Waals surface area contributed by atoms with Gasteiger partial charge in [-0.25, -0.2) is 0 Å². The van der Waals surface area contributed by atoms with Crippen LogP contribution < -0.4 is 5.32 Å². The first kappa shape index (κ1) is 10.7. The molecule has 1 rings (SSSR count). The summed E-state index contributed by atoms with van der Waals surface area (Å²) >= 11 is 3.57. The molecule has 13 heavy (non-hydrogen) atoms. The molecule has 1 aromatic carbocycles. The van der Waals surface area contributed by atoms with E-state index in [4.69, 9.17) is 0 Å². The van der Waals surface area contributed by atoms with Gasteiger partial charge in [0.15, 0.2) is 0 Å². The van der Waals surface area contributed by atoms with Crippen LogP contribution in [0.3, 0.4) is 0 Å². The number of benzene rings is 1. The summed E-state index contributed by atoms with van der Waals surface area (Å²) in [6.45, 7) is 6.46. The first-order chi connectivity index (χ1) is 5.97. The van der Waals surface area contributed by atoms with Gasteiger partial charge in [-0.2, -0.15) is 0 Å². The Hall–Kier alpha value is -0.340. The van der Waals surface area contributed by atoms with E-state index in [0.717, 1.165) is 4.47 Å². The Morgan fingerprint density at radius 3 is 2.46 bits per heavy atom. The summed E-state index contributed by atoms with van der Waals surface area (Å²) in [5.74, 6) is 0. The molecule has 0 bridgehead atoms. The van der Waals surface area contributed by atoms with Crippen LogP contribution in [-0.2, 0) is 5.54 Å². The highest BCUT2D eigenvalue weighted by molar-refractivity contribution is 9.10. The van der Waals surface area contributed by atoms with E-state index in [1.165, 1.54) is 11.1 Å². The maximum Gasteiger partial charge on any atom is 0.0386 e. The lowest BCUT2D eigenvalue weighted by atomic mass is 9.93. The molecule has 0 atom stereocenters. The first-order valence-electron chi connectivity index (χ1n) is 4.43. The first-order valence-corrected chi connectivity index (χ1v) is 5.22. The quantitative estimate of drug-likeness (QED) is 0.839. The summed E-state index contributed by atoms with van der Waals surface area (Å²) in [5, 5.41) is 3.30. The molecule has 72 valence electrons. The molecule has 0 amide bonds. The molecule has 0 radical (unpaired) electrons. The summed E-state index contributed by atoms with van der Waals surface area (Å²) in [7, 11) is 1.98. The minimum Gasteiger partial charge on any atom is -0.311 e. The van der Waals surface area contributed by atoms with Crippen molar-refractivity contribution in [1.29, 1.82) is 0 Å². The molecule has 2 heteroatoms. The Kier molecular flexibility index (Phi) is 3.14. The van der Waals surface area contributed by atoms with Crippen LogP contribution in [0, 0.1) is 6.92 Å². The Bertz CT molecular complexity index is 305. The summed E-state index contributed by atoms with van der Waals surface area (Å²) in [6.07, 6.45) is 0. The Morgan fingerprint density at radius 2 is 1.92 bits per heavy atom. The van der Waals surface area contributed by atoms with Crippen LogP contribution in [0.1, 0.15) is 25.0 Å². The lowest BCUT2D eigenvalue weighted by Gasteiger charge is -2.26. The van der Waals surface area contributed by atoms with Crippen molar-refractivity contribution in [3.05, 3.63) is 33.8 Å². The number of nitrogens with one attached hydrogen (secondary N) is 1. The number of hydrogen-bond donors (Lipinski definition) is 1. The minimum atomic E-state index is 0.0187. The highest BCUT2D eigenvalue weighted by Gasteiger charge is 2.20. The van der Waals surface area contributed by atoms with Crippen LogP contribution in [0.5, 0.6) is 0 Å². The lowest BCUT2D eigenvalue weighted by Crippen LogP contribution is -2.33. The molecule has 0 heterocycles. The van der Waals surface area contributed by atoms with E-state index in [1.807, 2.05) is 7.05 Å². The van der Waals surface area contributed by atoms with Crippen LogP contribution in [0.25, 0.3) is 0 Å². The van der Waals surface area contributed by atoms with Crippen molar-refractivity contribution in [2.75, 3.05) is 7.05 Å². The topological polar surface area (TPSA) is 12.0 Å². The van der Waals surface area contributed by atoms with Crippen molar-refractivity contribution in [3.8, 4) is 0 Å². The second-order valence-corrected chi connectivity index (χ2v) is 4.71. The Morgan fingerprint density at radius 1 is 1.31 bits per heavy atom. The molecule has 0 saturated carbocycles. The van der Waals surface area contributed by atoms with Crippen molar-refractivity contribution in [1.82, 2.24) is 5.32 Å². The fourth-order valence-electron chi connectivity index (χ4n) is 1.25. The SMILES string of the molecule is CNC(C)(C)c1cc(C)ccc1Br. The molecule has 1 aromatic rings. The molecule has 0 aromatic heterocycles. The summed E-state index contributed by atoms with van der Waals surface area (Å²) in [4.78, 5) is 0. The van der Waals surface area contributed by atoms with Crippen molar-refractivity contribution < 1.29 is 0 Å². The predicted molar refractivity (Wildman–Crippen MR) is 61.0 cm³/mol. The smallest absolute Gasteiger partial charge is 0.0386 e. The van der Waals surface area contributed by atoms with Gasteiger partial charge in [0.05, 0.1) is 0 Å². The molecule has 0 fully saturated rings. The zero-order valence-electron chi connectivity index (χ0n) is 8.61. The highest BCUT2D eigenvalue weighted by Crippen LogP contribution is 2.28. The van der Waals surface area contributed by atoms with Gasteiger partial charge in [-0.3, -0.25) is 0 Å². The summed E-state index contributed by atoms with van der Waals surface area (Å²) in [5.41, 5.74) is 2.61. The van der Waals surface area contributed by atoms with E-state index in [-0.39, 0.29) is 5.54 Å². The summed E-state index contributed by atoms with van der Waals surface area (Å²) in [6, 6.07) is 6.42. The average molecular weight is 242 g/mol. The van der Waals surface area contributed by atoms with Crippen molar-refractivity contribution in [3.63, 3.8) is 0 Å². The van der Waals surface area contributed by atoms with E-state index in [1.54, 1.807) is 0 Å². The third kappa shape index (κ3) is 2.32. The lowest BCUT2D eigenvalue weighted by molar-refractivity contribution is 0.442. The fourth-order valence-corrected chi connectivity index (χ4v) is 1.99. The van der Waals surface area contributed by atoms with Crippen LogP contribution in [0.4, 0.5) is 0 Å². The Labute approximate surface area is 88.7 Å². The zero-order valence-corrected chi connectivity index (χ0v) is 10.2. The minimum absolute atomic E-state index is 0.0187. The van der Waals surface area contributed by atoms with Gasteiger partial charge in [0.2, 0.25) is 0 Å². The van der Waals surface area contributed by atoms with Crippen molar-refractivity contribution in [2.45, 2.75) is 26.3 Å². The van der Waals surface area contributed by atoms with Crippen LogP contribution in [0.2, 0.25) is 0 Å². The maximum atomic E-state index is 3.57. The van der Waals surface area contributed by atoms with Gasteiger partial charge < -0.3 is 5.32 Å². The van der Waals surface area contributed by atoms with Gasteiger partial charge >= 0.3 is 0 Å². The van der Waals surface area contributed by atoms with Gasteiger partial charge in [0.1, 0.15) is 0 Å². The molecule has 0 aliphatic heterocycles.